The van der Waals surface area contributed by atoms with Crippen LogP contribution in [0.4, 0.5) is 5.69 Å². The number of hydrogen-bond acceptors (Lipinski definition) is 4. The lowest BCUT2D eigenvalue weighted by molar-refractivity contribution is 0.100. The van der Waals surface area contributed by atoms with Crippen molar-refractivity contribution in [2.45, 2.75) is 32.1 Å². The van der Waals surface area contributed by atoms with Gasteiger partial charge in [0.25, 0.3) is 5.91 Å². The maximum absolute atomic E-state index is 12.2. The van der Waals surface area contributed by atoms with E-state index in [2.05, 4.69) is 30.2 Å². The number of hydrogen-bond donors (Lipinski definition) is 3. The number of primary amides is 1. The lowest BCUT2D eigenvalue weighted by Crippen LogP contribution is -2.33. The largest absolute Gasteiger partial charge is 0.383 e. The molecule has 0 aliphatic carbocycles. The van der Waals surface area contributed by atoms with Crippen LogP contribution in [0.3, 0.4) is 0 Å². The number of anilines is 1. The first-order chi connectivity index (χ1) is 16.6. The molecule has 4 rings (SSSR count). The van der Waals surface area contributed by atoms with E-state index in [1.165, 1.54) is 10.6 Å². The molecule has 1 amide bonds. The molecule has 186 valence electrons. The Morgan fingerprint density at radius 2 is 2.03 bits per heavy atom. The lowest BCUT2D eigenvalue weighted by Gasteiger charge is -2.23. The highest BCUT2D eigenvalue weighted by Crippen LogP contribution is 2.37. The number of sulfonamides is 1. The molecule has 0 fully saturated rings. The Morgan fingerprint density at radius 3 is 2.66 bits per heavy atom. The van der Waals surface area contributed by atoms with Gasteiger partial charge in [0, 0.05) is 36.4 Å². The smallest absolute Gasteiger partial charge is 0.250 e. The van der Waals surface area contributed by atoms with Gasteiger partial charge in [-0.2, -0.15) is 4.31 Å². The molecule has 4 N–H and O–H groups in total. The molecule has 0 bridgehead atoms. The van der Waals surface area contributed by atoms with Crippen LogP contribution < -0.4 is 11.1 Å². The third-order valence-corrected chi connectivity index (χ3v) is 8.36. The molecule has 2 aromatic carbocycles. The van der Waals surface area contributed by atoms with Gasteiger partial charge in [0.1, 0.15) is 0 Å². The Morgan fingerprint density at radius 1 is 1.26 bits per heavy atom. The molecule has 0 saturated heterocycles. The van der Waals surface area contributed by atoms with E-state index >= 15 is 0 Å². The number of nitrogens with zero attached hydrogens (tertiary/aromatic N) is 1. The van der Waals surface area contributed by atoms with Gasteiger partial charge in [0.05, 0.1) is 22.7 Å². The van der Waals surface area contributed by atoms with Gasteiger partial charge >= 0.3 is 0 Å². The highest BCUT2D eigenvalue weighted by atomic mass is 35.5. The number of carbonyl (C=O) groups is 1. The number of rotatable bonds is 8. The minimum absolute atomic E-state index is 0.0502. The van der Waals surface area contributed by atoms with E-state index in [-0.39, 0.29) is 5.38 Å². The molecule has 1 aliphatic rings. The summed E-state index contributed by atoms with van der Waals surface area (Å²) in [4.78, 5) is 15.6. The van der Waals surface area contributed by atoms with Crippen molar-refractivity contribution in [3.63, 3.8) is 0 Å². The number of nitrogens with one attached hydrogen (secondary N) is 2. The van der Waals surface area contributed by atoms with E-state index in [4.69, 9.17) is 17.3 Å². The SMILES string of the molecule is CCC(Cl)CNc1cccc(-c2ccc(C(N)=O)c3[nH]c(C4=CCN(S(C)(=O)=O)CC4)cc23)c1C. The van der Waals surface area contributed by atoms with Gasteiger partial charge in [0.15, 0.2) is 0 Å². The predicted octanol–water partition coefficient (Wildman–Crippen LogP) is 4.72. The molecule has 1 aliphatic heterocycles. The Kier molecular flexibility index (Phi) is 7.26. The second-order valence-electron chi connectivity index (χ2n) is 8.96. The van der Waals surface area contributed by atoms with Crippen LogP contribution in [-0.4, -0.2) is 54.9 Å². The molecule has 7 nitrogen and oxygen atoms in total. The number of fused-ring (bicyclic) bond motifs is 1. The van der Waals surface area contributed by atoms with Gasteiger partial charge in [-0.1, -0.05) is 31.2 Å². The Balaban J connectivity index is 1.78. The van der Waals surface area contributed by atoms with Gasteiger partial charge < -0.3 is 16.0 Å². The normalized spacial score (nSPS) is 15.7. The summed E-state index contributed by atoms with van der Waals surface area (Å²) in [6, 6.07) is 11.8. The van der Waals surface area contributed by atoms with Crippen LogP contribution in [0.5, 0.6) is 0 Å². The van der Waals surface area contributed by atoms with Crippen molar-refractivity contribution in [3.8, 4) is 11.1 Å². The summed E-state index contributed by atoms with van der Waals surface area (Å²) in [5.41, 5.74) is 12.8. The van der Waals surface area contributed by atoms with Crippen LogP contribution in [0.15, 0.2) is 42.5 Å². The van der Waals surface area contributed by atoms with E-state index in [0.717, 1.165) is 45.5 Å². The van der Waals surface area contributed by atoms with E-state index in [9.17, 15) is 13.2 Å². The zero-order chi connectivity index (χ0) is 25.3. The van der Waals surface area contributed by atoms with Crippen molar-refractivity contribution < 1.29 is 13.2 Å². The first-order valence-electron chi connectivity index (χ1n) is 11.7. The average molecular weight is 515 g/mol. The summed E-state index contributed by atoms with van der Waals surface area (Å²) in [5, 5.41) is 4.39. The zero-order valence-corrected chi connectivity index (χ0v) is 21.8. The number of H-pyrrole nitrogens is 1. The first-order valence-corrected chi connectivity index (χ1v) is 14.0. The van der Waals surface area contributed by atoms with Crippen molar-refractivity contribution in [2.75, 3.05) is 31.2 Å². The lowest BCUT2D eigenvalue weighted by atomic mass is 9.94. The second kappa shape index (κ2) is 10.0. The predicted molar refractivity (Wildman–Crippen MR) is 144 cm³/mol. The second-order valence-corrected chi connectivity index (χ2v) is 11.6. The summed E-state index contributed by atoms with van der Waals surface area (Å²) >= 11 is 6.31. The topological polar surface area (TPSA) is 108 Å². The van der Waals surface area contributed by atoms with Gasteiger partial charge in [-0.15, -0.1) is 11.6 Å². The molecule has 0 spiro atoms. The number of aromatic amines is 1. The molecule has 2 heterocycles. The van der Waals surface area contributed by atoms with Crippen LogP contribution in [0, 0.1) is 6.92 Å². The minimum atomic E-state index is -3.23. The number of benzene rings is 2. The van der Waals surface area contributed by atoms with Gasteiger partial charge in [0.2, 0.25) is 10.0 Å². The van der Waals surface area contributed by atoms with Gasteiger partial charge in [-0.25, -0.2) is 8.42 Å². The average Bonchev–Trinajstić information content (AvgIpc) is 3.27. The molecule has 35 heavy (non-hydrogen) atoms. The summed E-state index contributed by atoms with van der Waals surface area (Å²) in [7, 11) is -3.23. The monoisotopic (exact) mass is 514 g/mol. The number of alkyl halides is 1. The van der Waals surface area contributed by atoms with Gasteiger partial charge in [-0.3, -0.25) is 4.79 Å². The maximum Gasteiger partial charge on any atom is 0.250 e. The molecular weight excluding hydrogens is 484 g/mol. The number of carbonyl (C=O) groups excluding carboxylic acids is 1. The Bertz CT molecular complexity index is 1410. The van der Waals surface area contributed by atoms with Crippen molar-refractivity contribution in [2.24, 2.45) is 5.73 Å². The molecule has 1 aromatic heterocycles. The molecule has 1 atom stereocenters. The molecule has 0 radical (unpaired) electrons. The number of aromatic nitrogens is 1. The van der Waals surface area contributed by atoms with Crippen LogP contribution in [0.1, 0.15) is 41.4 Å². The number of nitrogens with two attached hydrogens (primary N) is 1. The fourth-order valence-electron chi connectivity index (χ4n) is 4.51. The highest BCUT2D eigenvalue weighted by Gasteiger charge is 2.22. The summed E-state index contributed by atoms with van der Waals surface area (Å²) in [6.45, 7) is 5.54. The van der Waals surface area contributed by atoms with Crippen molar-refractivity contribution >= 4 is 49.7 Å². The standard InChI is InChI=1S/C26H31ClN4O3S/c1-4-18(27)15-29-23-7-5-6-19(16(23)2)20-8-9-21(26(28)32)25-22(20)14-24(30-25)17-10-12-31(13-11-17)35(3,33)34/h5-10,14,18,29-30H,4,11-13,15H2,1-3H3,(H2,28,32). The van der Waals surface area contributed by atoms with E-state index in [0.29, 0.717) is 37.1 Å². The highest BCUT2D eigenvalue weighted by molar-refractivity contribution is 7.88. The Labute approximate surface area is 211 Å². The first kappa shape index (κ1) is 25.3. The maximum atomic E-state index is 12.2. The molecule has 3 aromatic rings. The number of amides is 1. The zero-order valence-electron chi connectivity index (χ0n) is 20.2. The van der Waals surface area contributed by atoms with Crippen molar-refractivity contribution in [1.29, 1.82) is 0 Å². The fourth-order valence-corrected chi connectivity index (χ4v) is 5.36. The molecule has 1 unspecified atom stereocenters. The third-order valence-electron chi connectivity index (χ3n) is 6.63. The van der Waals surface area contributed by atoms with Crippen LogP contribution in [0.25, 0.3) is 27.6 Å². The summed E-state index contributed by atoms with van der Waals surface area (Å²) < 4.78 is 25.2. The van der Waals surface area contributed by atoms with E-state index < -0.39 is 15.9 Å². The van der Waals surface area contributed by atoms with Gasteiger partial charge in [-0.05, 0) is 60.2 Å². The van der Waals surface area contributed by atoms with Crippen LogP contribution in [-0.2, 0) is 10.0 Å². The number of halogens is 1. The summed E-state index contributed by atoms with van der Waals surface area (Å²) in [6.07, 6.45) is 4.61. The van der Waals surface area contributed by atoms with Crippen LogP contribution >= 0.6 is 11.6 Å². The summed E-state index contributed by atoms with van der Waals surface area (Å²) in [5.74, 6) is -0.504. The van der Waals surface area contributed by atoms with Crippen molar-refractivity contribution in [1.82, 2.24) is 9.29 Å². The minimum Gasteiger partial charge on any atom is -0.383 e. The molecule has 0 saturated carbocycles. The van der Waals surface area contributed by atoms with Crippen molar-refractivity contribution in [3.05, 3.63) is 59.3 Å². The quantitative estimate of drug-likeness (QED) is 0.378. The van der Waals surface area contributed by atoms with E-state index in [1.807, 2.05) is 30.3 Å². The molecule has 9 heteroatoms. The third kappa shape index (κ3) is 5.24. The van der Waals surface area contributed by atoms with Crippen LogP contribution in [0.2, 0.25) is 0 Å². The van der Waals surface area contributed by atoms with E-state index in [1.54, 1.807) is 6.07 Å². The fraction of sp³-hybridized carbons (Fsp3) is 0.346. The Hall–Kier alpha value is -2.81. The molecular formula is C26H31ClN4O3S.